The fraction of sp³-hybridized carbons (Fsp3) is 0.875. The molecule has 1 aliphatic heterocycles. The van der Waals surface area contributed by atoms with Crippen molar-refractivity contribution in [2.24, 2.45) is 11.8 Å². The second-order valence-corrected chi connectivity index (χ2v) is 7.57. The molecule has 0 spiro atoms. The van der Waals surface area contributed by atoms with Crippen LogP contribution in [0.3, 0.4) is 0 Å². The van der Waals surface area contributed by atoms with E-state index < -0.39 is 11.1 Å². The monoisotopic (exact) mass is 296 g/mol. The van der Waals surface area contributed by atoms with Crippen LogP contribution < -0.4 is 5.32 Å². The van der Waals surface area contributed by atoms with E-state index in [-0.39, 0.29) is 23.7 Å². The number of nitrogens with one attached hydrogen (secondary N) is 1. The van der Waals surface area contributed by atoms with Gasteiger partial charge in [0, 0.05) is 19.0 Å². The molecule has 0 radical (unpaired) electrons. The van der Waals surface area contributed by atoms with E-state index in [0.717, 1.165) is 32.2 Å². The molecule has 2 N–H and O–H groups in total. The summed E-state index contributed by atoms with van der Waals surface area (Å²) in [6.45, 7) is 8.31. The first-order valence-corrected chi connectivity index (χ1v) is 7.95. The Morgan fingerprint density at radius 3 is 2.24 bits per heavy atom. The Morgan fingerprint density at radius 1 is 1.10 bits per heavy atom. The Hall–Kier alpha value is -1.10. The number of hydrogen-bond donors (Lipinski definition) is 2. The van der Waals surface area contributed by atoms with Gasteiger partial charge in [0.15, 0.2) is 0 Å². The molecule has 1 aliphatic carbocycles. The molecule has 21 heavy (non-hydrogen) atoms. The van der Waals surface area contributed by atoms with Crippen molar-refractivity contribution in [1.82, 2.24) is 10.2 Å². The molecule has 2 amide bonds. The second kappa shape index (κ2) is 5.59. The summed E-state index contributed by atoms with van der Waals surface area (Å²) in [5.74, 6) is 0.201. The Labute approximate surface area is 127 Å². The number of nitrogens with zero attached hydrogens (tertiary/aromatic N) is 1. The first kappa shape index (κ1) is 16.3. The van der Waals surface area contributed by atoms with Crippen molar-refractivity contribution in [1.29, 1.82) is 0 Å². The van der Waals surface area contributed by atoms with Crippen molar-refractivity contribution in [3.05, 3.63) is 0 Å². The first-order chi connectivity index (χ1) is 9.62. The topological polar surface area (TPSA) is 69.6 Å². The average molecular weight is 296 g/mol. The van der Waals surface area contributed by atoms with Gasteiger partial charge in [0.1, 0.15) is 0 Å². The number of amides is 2. The highest BCUT2D eigenvalue weighted by molar-refractivity contribution is 5.83. The van der Waals surface area contributed by atoms with E-state index in [1.807, 2.05) is 18.7 Å². The number of hydrogen-bond acceptors (Lipinski definition) is 3. The Bertz CT molecular complexity index is 422. The van der Waals surface area contributed by atoms with E-state index in [1.165, 1.54) is 0 Å². The van der Waals surface area contributed by atoms with Gasteiger partial charge in [0.2, 0.25) is 11.8 Å². The summed E-state index contributed by atoms with van der Waals surface area (Å²) in [7, 11) is 0. The van der Waals surface area contributed by atoms with E-state index >= 15 is 0 Å². The third-order valence-electron chi connectivity index (χ3n) is 5.00. The minimum absolute atomic E-state index is 0.0598. The Morgan fingerprint density at radius 2 is 1.71 bits per heavy atom. The van der Waals surface area contributed by atoms with Crippen LogP contribution in [0.1, 0.15) is 53.4 Å². The highest BCUT2D eigenvalue weighted by Gasteiger charge is 2.40. The summed E-state index contributed by atoms with van der Waals surface area (Å²) in [4.78, 5) is 26.4. The van der Waals surface area contributed by atoms with Crippen molar-refractivity contribution < 1.29 is 14.7 Å². The summed E-state index contributed by atoms with van der Waals surface area (Å²) in [5, 5.41) is 13.1. The van der Waals surface area contributed by atoms with Crippen LogP contribution in [0, 0.1) is 11.8 Å². The summed E-state index contributed by atoms with van der Waals surface area (Å²) < 4.78 is 0. The normalized spacial score (nSPS) is 23.9. The van der Waals surface area contributed by atoms with Gasteiger partial charge in [0.05, 0.1) is 17.1 Å². The minimum atomic E-state index is -0.999. The Kier molecular flexibility index (Phi) is 4.34. The number of aliphatic hydroxyl groups is 1. The van der Waals surface area contributed by atoms with Gasteiger partial charge in [0.25, 0.3) is 0 Å². The SMILES string of the molecule is CC(C)(O)C(C)(C)NC(=O)[C@@H]1CCCN(C(=O)C2CC2)C1. The van der Waals surface area contributed by atoms with Crippen LogP contribution in [0.25, 0.3) is 0 Å². The third kappa shape index (κ3) is 3.76. The van der Waals surface area contributed by atoms with E-state index in [0.29, 0.717) is 6.54 Å². The standard InChI is InChI=1S/C16H28N2O3/c1-15(2,16(3,4)21)17-13(19)12-6-5-9-18(10-12)14(20)11-7-8-11/h11-12,21H,5-10H2,1-4H3,(H,17,19)/t12-/m1/s1. The fourth-order valence-corrected chi connectivity index (χ4v) is 2.54. The molecule has 0 aromatic carbocycles. The van der Waals surface area contributed by atoms with Crippen LogP contribution in [0.2, 0.25) is 0 Å². The van der Waals surface area contributed by atoms with Crippen molar-refractivity contribution >= 4 is 11.8 Å². The van der Waals surface area contributed by atoms with Gasteiger partial charge in [-0.2, -0.15) is 0 Å². The molecule has 120 valence electrons. The average Bonchev–Trinajstić information content (AvgIpc) is 3.20. The molecule has 1 heterocycles. The van der Waals surface area contributed by atoms with Crippen molar-refractivity contribution in [3.8, 4) is 0 Å². The molecule has 1 atom stereocenters. The molecule has 2 rings (SSSR count). The van der Waals surface area contributed by atoms with Gasteiger partial charge in [-0.15, -0.1) is 0 Å². The Balaban J connectivity index is 1.94. The molecule has 1 saturated carbocycles. The molecular formula is C16H28N2O3. The quantitative estimate of drug-likeness (QED) is 0.821. The van der Waals surface area contributed by atoms with Crippen LogP contribution in [0.4, 0.5) is 0 Å². The van der Waals surface area contributed by atoms with Gasteiger partial charge >= 0.3 is 0 Å². The first-order valence-electron chi connectivity index (χ1n) is 7.95. The van der Waals surface area contributed by atoms with Crippen molar-refractivity contribution in [2.75, 3.05) is 13.1 Å². The largest absolute Gasteiger partial charge is 0.388 e. The summed E-state index contributed by atoms with van der Waals surface area (Å²) >= 11 is 0. The number of carbonyl (C=O) groups is 2. The number of piperidine rings is 1. The van der Waals surface area contributed by atoms with E-state index in [1.54, 1.807) is 13.8 Å². The van der Waals surface area contributed by atoms with Crippen LogP contribution >= 0.6 is 0 Å². The van der Waals surface area contributed by atoms with Crippen molar-refractivity contribution in [3.63, 3.8) is 0 Å². The highest BCUT2D eigenvalue weighted by Crippen LogP contribution is 2.32. The maximum Gasteiger partial charge on any atom is 0.225 e. The maximum atomic E-state index is 12.5. The molecule has 0 bridgehead atoms. The zero-order valence-electron chi connectivity index (χ0n) is 13.6. The van der Waals surface area contributed by atoms with Crippen LogP contribution in [-0.2, 0) is 9.59 Å². The van der Waals surface area contributed by atoms with Crippen LogP contribution in [-0.4, -0.2) is 46.1 Å². The molecule has 0 aromatic rings. The predicted molar refractivity (Wildman–Crippen MR) is 80.5 cm³/mol. The number of carbonyl (C=O) groups excluding carboxylic acids is 2. The molecule has 5 heteroatoms. The van der Waals surface area contributed by atoms with Crippen molar-refractivity contribution in [2.45, 2.75) is 64.5 Å². The van der Waals surface area contributed by atoms with Gasteiger partial charge in [-0.3, -0.25) is 9.59 Å². The lowest BCUT2D eigenvalue weighted by atomic mass is 9.85. The molecule has 0 aromatic heterocycles. The summed E-state index contributed by atoms with van der Waals surface area (Å²) in [5.41, 5.74) is -1.70. The molecular weight excluding hydrogens is 268 g/mol. The smallest absolute Gasteiger partial charge is 0.225 e. The number of rotatable bonds is 4. The van der Waals surface area contributed by atoms with E-state index in [4.69, 9.17) is 0 Å². The van der Waals surface area contributed by atoms with Gasteiger partial charge in [-0.1, -0.05) is 0 Å². The predicted octanol–water partition coefficient (Wildman–Crippen LogP) is 1.30. The summed E-state index contributed by atoms with van der Waals surface area (Å²) in [6.07, 6.45) is 3.68. The lowest BCUT2D eigenvalue weighted by Gasteiger charge is -2.40. The third-order valence-corrected chi connectivity index (χ3v) is 5.00. The second-order valence-electron chi connectivity index (χ2n) is 7.57. The lowest BCUT2D eigenvalue weighted by molar-refractivity contribution is -0.138. The zero-order chi connectivity index (χ0) is 15.8. The highest BCUT2D eigenvalue weighted by atomic mass is 16.3. The van der Waals surface area contributed by atoms with Crippen LogP contribution in [0.15, 0.2) is 0 Å². The fourth-order valence-electron chi connectivity index (χ4n) is 2.54. The van der Waals surface area contributed by atoms with E-state index in [2.05, 4.69) is 5.32 Å². The molecule has 1 saturated heterocycles. The van der Waals surface area contributed by atoms with Gasteiger partial charge in [-0.25, -0.2) is 0 Å². The summed E-state index contributed by atoms with van der Waals surface area (Å²) in [6, 6.07) is 0. The molecule has 5 nitrogen and oxygen atoms in total. The van der Waals surface area contributed by atoms with E-state index in [9.17, 15) is 14.7 Å². The molecule has 2 aliphatic rings. The van der Waals surface area contributed by atoms with Gasteiger partial charge in [-0.05, 0) is 53.4 Å². The molecule has 2 fully saturated rings. The molecule has 0 unspecified atom stereocenters. The maximum absolute atomic E-state index is 12.5. The minimum Gasteiger partial charge on any atom is -0.388 e. The number of likely N-dealkylation sites (tertiary alicyclic amines) is 1. The zero-order valence-corrected chi connectivity index (χ0v) is 13.6. The van der Waals surface area contributed by atoms with Crippen LogP contribution in [0.5, 0.6) is 0 Å². The lowest BCUT2D eigenvalue weighted by Crippen LogP contribution is -2.60. The van der Waals surface area contributed by atoms with Gasteiger partial charge < -0.3 is 15.3 Å².